The lowest BCUT2D eigenvalue weighted by atomic mass is 10.1. The van der Waals surface area contributed by atoms with Crippen molar-refractivity contribution in [2.24, 2.45) is 0 Å². The number of hydrogen-bond acceptors (Lipinski definition) is 9. The standard InChI is InChI=1S/C26H29N7O4/c1-14-6-7-15-17(10-14)32(16-4-3-5-18(36-2)20(15)16)9-8-28-11-19-22(34)23(35)26(37-19)33-13-31-21-24(27)29-12-30-25(21)33/h3-7,10,12-13,19,22-23,26,28,34-35H,8-9,11H2,1-2H3,(H2,27,29,30). The van der Waals surface area contributed by atoms with Crippen LogP contribution >= 0.6 is 0 Å². The lowest BCUT2D eigenvalue weighted by Gasteiger charge is -2.17. The molecule has 3 aromatic heterocycles. The van der Waals surface area contributed by atoms with Crippen molar-refractivity contribution in [2.75, 3.05) is 25.9 Å². The van der Waals surface area contributed by atoms with E-state index in [1.165, 1.54) is 18.2 Å². The number of fused-ring (bicyclic) bond motifs is 4. The monoisotopic (exact) mass is 503 g/mol. The van der Waals surface area contributed by atoms with E-state index in [2.05, 4.69) is 56.0 Å². The van der Waals surface area contributed by atoms with Crippen molar-refractivity contribution < 1.29 is 19.7 Å². The molecule has 2 aromatic carbocycles. The Morgan fingerprint density at radius 3 is 2.81 bits per heavy atom. The molecule has 1 saturated heterocycles. The molecule has 6 rings (SSSR count). The highest BCUT2D eigenvalue weighted by Gasteiger charge is 2.44. The van der Waals surface area contributed by atoms with Crippen molar-refractivity contribution in [3.8, 4) is 5.75 Å². The Kier molecular flexibility index (Phi) is 5.92. The molecule has 4 atom stereocenters. The fraction of sp³-hybridized carbons (Fsp3) is 0.346. The average Bonchev–Trinajstić information content (AvgIpc) is 3.55. The molecule has 37 heavy (non-hydrogen) atoms. The number of nitrogens with one attached hydrogen (secondary N) is 1. The molecule has 4 heterocycles. The van der Waals surface area contributed by atoms with Crippen molar-refractivity contribution in [3.05, 3.63) is 54.6 Å². The Bertz CT molecular complexity index is 1600. The zero-order valence-electron chi connectivity index (χ0n) is 20.6. The Morgan fingerprint density at radius 1 is 1.11 bits per heavy atom. The summed E-state index contributed by atoms with van der Waals surface area (Å²) in [5.41, 5.74) is 10.2. The smallest absolute Gasteiger partial charge is 0.167 e. The van der Waals surface area contributed by atoms with Gasteiger partial charge < -0.3 is 35.3 Å². The second-order valence-corrected chi connectivity index (χ2v) is 9.36. The Morgan fingerprint density at radius 2 is 1.97 bits per heavy atom. The molecule has 0 spiro atoms. The topological polar surface area (TPSA) is 146 Å². The minimum Gasteiger partial charge on any atom is -0.496 e. The zero-order chi connectivity index (χ0) is 25.7. The Balaban J connectivity index is 1.18. The van der Waals surface area contributed by atoms with Gasteiger partial charge in [0.15, 0.2) is 17.7 Å². The molecule has 11 heteroatoms. The summed E-state index contributed by atoms with van der Waals surface area (Å²) in [7, 11) is 1.69. The molecule has 1 aliphatic rings. The van der Waals surface area contributed by atoms with Crippen molar-refractivity contribution in [1.82, 2.24) is 29.4 Å². The van der Waals surface area contributed by atoms with E-state index in [1.807, 2.05) is 12.1 Å². The van der Waals surface area contributed by atoms with Gasteiger partial charge in [-0.25, -0.2) is 15.0 Å². The van der Waals surface area contributed by atoms with E-state index < -0.39 is 24.5 Å². The SMILES string of the molecule is COc1cccc2c1c1ccc(C)cc1n2CCNCC1OC(n2cnc3c(N)ncnc32)C(O)C1O. The molecular formula is C26H29N7O4. The third-order valence-electron chi connectivity index (χ3n) is 7.08. The fourth-order valence-corrected chi connectivity index (χ4v) is 5.25. The predicted octanol–water partition coefficient (Wildman–Crippen LogP) is 1.74. The van der Waals surface area contributed by atoms with E-state index >= 15 is 0 Å². The van der Waals surface area contributed by atoms with Gasteiger partial charge in [-0.1, -0.05) is 18.2 Å². The number of anilines is 1. The van der Waals surface area contributed by atoms with E-state index in [4.69, 9.17) is 15.2 Å². The number of imidazole rings is 1. The molecule has 0 saturated carbocycles. The lowest BCUT2D eigenvalue weighted by molar-refractivity contribution is -0.0341. The number of nitrogen functional groups attached to an aromatic ring is 1. The van der Waals surface area contributed by atoms with E-state index in [-0.39, 0.29) is 5.82 Å². The van der Waals surface area contributed by atoms with Crippen LogP contribution in [0.25, 0.3) is 33.0 Å². The van der Waals surface area contributed by atoms with Crippen molar-refractivity contribution in [1.29, 1.82) is 0 Å². The maximum Gasteiger partial charge on any atom is 0.167 e. The summed E-state index contributed by atoms with van der Waals surface area (Å²) >= 11 is 0. The number of nitrogens with two attached hydrogens (primary N) is 1. The molecule has 192 valence electrons. The largest absolute Gasteiger partial charge is 0.496 e. The van der Waals surface area contributed by atoms with E-state index in [0.717, 1.165) is 27.6 Å². The number of aryl methyl sites for hydroxylation is 1. The van der Waals surface area contributed by atoms with Crippen LogP contribution in [-0.2, 0) is 11.3 Å². The van der Waals surface area contributed by atoms with Gasteiger partial charge >= 0.3 is 0 Å². The van der Waals surface area contributed by atoms with Crippen LogP contribution in [0.15, 0.2) is 49.1 Å². The van der Waals surface area contributed by atoms with Crippen molar-refractivity contribution >= 4 is 38.8 Å². The number of aromatic nitrogens is 5. The molecule has 0 radical (unpaired) electrons. The van der Waals surface area contributed by atoms with Gasteiger partial charge in [0.2, 0.25) is 0 Å². The molecule has 0 aliphatic carbocycles. The number of aliphatic hydroxyl groups excluding tert-OH is 2. The molecule has 1 aliphatic heterocycles. The number of rotatable bonds is 7. The second-order valence-electron chi connectivity index (χ2n) is 9.36. The summed E-state index contributed by atoms with van der Waals surface area (Å²) in [6.45, 7) is 3.78. The van der Waals surface area contributed by atoms with Gasteiger partial charge in [0, 0.05) is 35.9 Å². The molecule has 5 aromatic rings. The van der Waals surface area contributed by atoms with Crippen LogP contribution in [0, 0.1) is 6.92 Å². The van der Waals surface area contributed by atoms with Gasteiger partial charge in [0.1, 0.15) is 35.9 Å². The summed E-state index contributed by atoms with van der Waals surface area (Å²) < 4.78 is 15.5. The number of hydrogen-bond donors (Lipinski definition) is 4. The normalized spacial score (nSPS) is 21.9. The first-order valence-electron chi connectivity index (χ1n) is 12.2. The number of nitrogens with zero attached hydrogens (tertiary/aromatic N) is 5. The summed E-state index contributed by atoms with van der Waals surface area (Å²) in [6, 6.07) is 12.5. The van der Waals surface area contributed by atoms with E-state index in [0.29, 0.717) is 30.8 Å². The van der Waals surface area contributed by atoms with Crippen LogP contribution in [0.4, 0.5) is 5.82 Å². The summed E-state index contributed by atoms with van der Waals surface area (Å²) in [5.74, 6) is 1.09. The van der Waals surface area contributed by atoms with E-state index in [9.17, 15) is 10.2 Å². The Labute approximate surface area is 212 Å². The number of aliphatic hydroxyl groups is 2. The summed E-state index contributed by atoms with van der Waals surface area (Å²) in [6.07, 6.45) is -0.850. The van der Waals surface area contributed by atoms with Gasteiger partial charge in [-0.15, -0.1) is 0 Å². The van der Waals surface area contributed by atoms with Crippen LogP contribution < -0.4 is 15.8 Å². The molecule has 0 amide bonds. The molecular weight excluding hydrogens is 474 g/mol. The maximum atomic E-state index is 10.7. The van der Waals surface area contributed by atoms with Crippen LogP contribution in [0.2, 0.25) is 0 Å². The fourth-order valence-electron chi connectivity index (χ4n) is 5.25. The number of benzene rings is 2. The number of ether oxygens (including phenoxy) is 2. The molecule has 0 bridgehead atoms. The molecule has 4 unspecified atom stereocenters. The maximum absolute atomic E-state index is 10.7. The van der Waals surface area contributed by atoms with Gasteiger partial charge in [-0.05, 0) is 30.7 Å². The van der Waals surface area contributed by atoms with Gasteiger partial charge in [-0.2, -0.15) is 0 Å². The zero-order valence-corrected chi connectivity index (χ0v) is 20.6. The van der Waals surface area contributed by atoms with Crippen LogP contribution in [0.3, 0.4) is 0 Å². The highest BCUT2D eigenvalue weighted by Crippen LogP contribution is 2.36. The minimum absolute atomic E-state index is 0.243. The first kappa shape index (κ1) is 23.6. The van der Waals surface area contributed by atoms with Crippen LogP contribution in [-0.4, -0.2) is 72.8 Å². The highest BCUT2D eigenvalue weighted by molar-refractivity contribution is 6.11. The average molecular weight is 504 g/mol. The van der Waals surface area contributed by atoms with Crippen LogP contribution in [0.1, 0.15) is 11.8 Å². The first-order valence-corrected chi connectivity index (χ1v) is 12.2. The number of methoxy groups -OCH3 is 1. The first-order chi connectivity index (χ1) is 18.0. The summed E-state index contributed by atoms with van der Waals surface area (Å²) in [5, 5.41) is 27.0. The van der Waals surface area contributed by atoms with E-state index in [1.54, 1.807) is 11.7 Å². The predicted molar refractivity (Wildman–Crippen MR) is 139 cm³/mol. The summed E-state index contributed by atoms with van der Waals surface area (Å²) in [4.78, 5) is 12.4. The third-order valence-corrected chi connectivity index (χ3v) is 7.08. The minimum atomic E-state index is -1.15. The molecule has 1 fully saturated rings. The Hall–Kier alpha value is -3.77. The van der Waals surface area contributed by atoms with Gasteiger partial charge in [0.25, 0.3) is 0 Å². The highest BCUT2D eigenvalue weighted by atomic mass is 16.6. The molecule has 5 N–H and O–H groups in total. The van der Waals surface area contributed by atoms with Crippen LogP contribution in [0.5, 0.6) is 5.75 Å². The van der Waals surface area contributed by atoms with Crippen molar-refractivity contribution in [2.45, 2.75) is 38.0 Å². The van der Waals surface area contributed by atoms with Crippen molar-refractivity contribution in [3.63, 3.8) is 0 Å². The van der Waals surface area contributed by atoms with Gasteiger partial charge in [-0.3, -0.25) is 4.57 Å². The van der Waals surface area contributed by atoms with Gasteiger partial charge in [0.05, 0.1) is 19.0 Å². The second kappa shape index (κ2) is 9.27. The third kappa shape index (κ3) is 3.87. The lowest BCUT2D eigenvalue weighted by Crippen LogP contribution is -2.38. The quantitative estimate of drug-likeness (QED) is 0.244. The molecule has 11 nitrogen and oxygen atoms in total.